The van der Waals surface area contributed by atoms with Crippen molar-refractivity contribution in [3.63, 3.8) is 0 Å². The smallest absolute Gasteiger partial charge is 0.320 e. The number of hydrogen-bond donors (Lipinski definition) is 0. The molecule has 1 heterocycles. The first-order chi connectivity index (χ1) is 5.70. The summed E-state index contributed by atoms with van der Waals surface area (Å²) < 4.78 is 0. The van der Waals surface area contributed by atoms with Gasteiger partial charge in [0.05, 0.1) is 0 Å². The first-order valence-corrected chi connectivity index (χ1v) is 3.52. The van der Waals surface area contributed by atoms with Gasteiger partial charge >= 0.3 is 6.09 Å². The Hall–Kier alpha value is -1.52. The Kier molecular flexibility index (Phi) is 2.68. The maximum atomic E-state index is 11.0. The second-order valence-electron chi connectivity index (χ2n) is 2.48. The Morgan fingerprint density at radius 1 is 1.67 bits per heavy atom. The van der Waals surface area contributed by atoms with Gasteiger partial charge in [-0.25, -0.2) is 4.79 Å². The first kappa shape index (κ1) is 8.58. The molecule has 0 saturated carbocycles. The molecule has 12 heavy (non-hydrogen) atoms. The molecule has 0 aromatic rings. The number of nitrogens with zero attached hydrogens (tertiary/aromatic N) is 3. The van der Waals surface area contributed by atoms with Crippen LogP contribution in [0.3, 0.4) is 0 Å². The molecule has 1 amide bonds. The van der Waals surface area contributed by atoms with Crippen molar-refractivity contribution >= 4 is 12.3 Å². The molecule has 0 aromatic carbocycles. The van der Waals surface area contributed by atoms with Gasteiger partial charge in [0.2, 0.25) is 0 Å². The highest BCUT2D eigenvalue weighted by atomic mass is 16.7. The van der Waals surface area contributed by atoms with E-state index in [1.54, 1.807) is 32.6 Å². The van der Waals surface area contributed by atoms with Gasteiger partial charge in [0, 0.05) is 26.5 Å². The third kappa shape index (κ3) is 2.26. The predicted molar refractivity (Wildman–Crippen MR) is 44.5 cm³/mol. The van der Waals surface area contributed by atoms with Crippen LogP contribution in [0.4, 0.5) is 4.79 Å². The van der Waals surface area contributed by atoms with E-state index in [1.165, 1.54) is 9.96 Å². The maximum Gasteiger partial charge on any atom is 0.433 e. The van der Waals surface area contributed by atoms with Crippen LogP contribution in [0, 0.1) is 0 Å². The molecule has 0 fully saturated rings. The first-order valence-electron chi connectivity index (χ1n) is 3.52. The van der Waals surface area contributed by atoms with Crippen molar-refractivity contribution in [3.8, 4) is 0 Å². The van der Waals surface area contributed by atoms with Crippen molar-refractivity contribution in [2.75, 3.05) is 20.8 Å². The minimum atomic E-state index is -0.406. The van der Waals surface area contributed by atoms with Crippen molar-refractivity contribution in [1.82, 2.24) is 9.96 Å². The van der Waals surface area contributed by atoms with Gasteiger partial charge in [-0.05, 0) is 6.08 Å². The Morgan fingerprint density at radius 2 is 2.42 bits per heavy atom. The minimum Gasteiger partial charge on any atom is -0.320 e. The van der Waals surface area contributed by atoms with Crippen LogP contribution in [0.15, 0.2) is 17.3 Å². The molecule has 0 saturated heterocycles. The summed E-state index contributed by atoms with van der Waals surface area (Å²) in [6.45, 7) is 0.357. The lowest BCUT2D eigenvalue weighted by Gasteiger charge is -2.20. The summed E-state index contributed by atoms with van der Waals surface area (Å²) in [6.07, 6.45) is 4.60. The highest BCUT2D eigenvalue weighted by Gasteiger charge is 2.09. The molecule has 1 rings (SSSR count). The van der Waals surface area contributed by atoms with Gasteiger partial charge in [-0.15, -0.1) is 0 Å². The molecule has 0 radical (unpaired) electrons. The number of aliphatic imine (C=N–C) groups is 1. The van der Waals surface area contributed by atoms with E-state index in [2.05, 4.69) is 4.99 Å². The summed E-state index contributed by atoms with van der Waals surface area (Å²) in [5.41, 5.74) is 0. The fraction of sp³-hybridized carbons (Fsp3) is 0.429. The fourth-order valence-electron chi connectivity index (χ4n) is 0.611. The summed E-state index contributed by atoms with van der Waals surface area (Å²) in [4.78, 5) is 21.1. The molecule has 0 aromatic heterocycles. The Labute approximate surface area is 70.9 Å². The summed E-state index contributed by atoms with van der Waals surface area (Å²) in [5.74, 6) is 0. The van der Waals surface area contributed by atoms with Crippen molar-refractivity contribution in [2.24, 2.45) is 4.99 Å². The Balaban J connectivity index is 2.37. The fourth-order valence-corrected chi connectivity index (χ4v) is 0.611. The van der Waals surface area contributed by atoms with Gasteiger partial charge in [-0.3, -0.25) is 4.99 Å². The molecule has 0 spiro atoms. The molecule has 1 aliphatic rings. The number of hydroxylamine groups is 2. The minimum absolute atomic E-state index is 0.357. The highest BCUT2D eigenvalue weighted by molar-refractivity contribution is 5.71. The SMILES string of the molecule is CN(C)C(=O)ON1C=CC=NC1. The second-order valence-corrected chi connectivity index (χ2v) is 2.48. The van der Waals surface area contributed by atoms with Gasteiger partial charge in [-0.2, -0.15) is 5.06 Å². The lowest BCUT2D eigenvalue weighted by atomic mass is 10.6. The van der Waals surface area contributed by atoms with Crippen LogP contribution in [-0.4, -0.2) is 43.0 Å². The van der Waals surface area contributed by atoms with Crippen LogP contribution in [-0.2, 0) is 4.84 Å². The molecule has 66 valence electrons. The monoisotopic (exact) mass is 169 g/mol. The summed E-state index contributed by atoms with van der Waals surface area (Å²) >= 11 is 0. The van der Waals surface area contributed by atoms with Crippen molar-refractivity contribution in [2.45, 2.75) is 0 Å². The molecule has 0 bridgehead atoms. The standard InChI is InChI=1S/C7H11N3O2/c1-9(2)7(11)12-10-5-3-4-8-6-10/h3-5H,6H2,1-2H3. The molecule has 5 heteroatoms. The van der Waals surface area contributed by atoms with E-state index in [0.29, 0.717) is 6.67 Å². The molecule has 5 nitrogen and oxygen atoms in total. The molecule has 0 atom stereocenters. The van der Waals surface area contributed by atoms with Crippen LogP contribution in [0.5, 0.6) is 0 Å². The highest BCUT2D eigenvalue weighted by Crippen LogP contribution is 1.98. The zero-order chi connectivity index (χ0) is 8.97. The van der Waals surface area contributed by atoms with E-state index in [-0.39, 0.29) is 0 Å². The van der Waals surface area contributed by atoms with Gasteiger partial charge in [-0.1, -0.05) is 0 Å². The van der Waals surface area contributed by atoms with Crippen molar-refractivity contribution < 1.29 is 9.63 Å². The number of rotatable bonds is 1. The van der Waals surface area contributed by atoms with Gasteiger partial charge in [0.15, 0.2) is 0 Å². The molecule has 0 N–H and O–H groups in total. The number of allylic oxidation sites excluding steroid dienone is 1. The van der Waals surface area contributed by atoms with Crippen LogP contribution in [0.1, 0.15) is 0 Å². The van der Waals surface area contributed by atoms with E-state index in [9.17, 15) is 4.79 Å². The van der Waals surface area contributed by atoms with Gasteiger partial charge in [0.25, 0.3) is 0 Å². The van der Waals surface area contributed by atoms with Crippen LogP contribution in [0.25, 0.3) is 0 Å². The van der Waals surface area contributed by atoms with E-state index >= 15 is 0 Å². The summed E-state index contributed by atoms with van der Waals surface area (Å²) in [7, 11) is 3.25. The number of amides is 1. The van der Waals surface area contributed by atoms with Crippen LogP contribution in [0.2, 0.25) is 0 Å². The zero-order valence-electron chi connectivity index (χ0n) is 7.10. The van der Waals surface area contributed by atoms with Crippen molar-refractivity contribution in [3.05, 3.63) is 12.3 Å². The third-order valence-corrected chi connectivity index (χ3v) is 1.23. The van der Waals surface area contributed by atoms with Crippen LogP contribution < -0.4 is 0 Å². The van der Waals surface area contributed by atoms with Crippen LogP contribution >= 0.6 is 0 Å². The average molecular weight is 169 g/mol. The van der Waals surface area contributed by atoms with E-state index in [0.717, 1.165) is 0 Å². The quantitative estimate of drug-likeness (QED) is 0.572. The molecule has 1 aliphatic heterocycles. The summed E-state index contributed by atoms with van der Waals surface area (Å²) in [6, 6.07) is 0. The third-order valence-electron chi connectivity index (χ3n) is 1.23. The topological polar surface area (TPSA) is 45.1 Å². The molecule has 0 unspecified atom stereocenters. The lowest BCUT2D eigenvalue weighted by Crippen LogP contribution is -2.31. The van der Waals surface area contributed by atoms with E-state index in [1.807, 2.05) is 0 Å². The predicted octanol–water partition coefficient (Wildman–Crippen LogP) is 0.457. The number of hydrogen-bond acceptors (Lipinski definition) is 4. The lowest BCUT2D eigenvalue weighted by molar-refractivity contribution is -0.0672. The van der Waals surface area contributed by atoms with Gasteiger partial charge in [0.1, 0.15) is 6.67 Å². The summed E-state index contributed by atoms with van der Waals surface area (Å²) in [5, 5.41) is 1.36. The number of carbonyl (C=O) groups excluding carboxylic acids is 1. The normalized spacial score (nSPS) is 14.7. The zero-order valence-corrected chi connectivity index (χ0v) is 7.10. The molecule has 0 aliphatic carbocycles. The average Bonchev–Trinajstić information content (AvgIpc) is 2.06. The van der Waals surface area contributed by atoms with E-state index in [4.69, 9.17) is 4.84 Å². The maximum absolute atomic E-state index is 11.0. The van der Waals surface area contributed by atoms with E-state index < -0.39 is 6.09 Å². The number of carbonyl (C=O) groups is 1. The van der Waals surface area contributed by atoms with Crippen molar-refractivity contribution in [1.29, 1.82) is 0 Å². The second kappa shape index (κ2) is 3.75. The molecular formula is C7H11N3O2. The Bertz CT molecular complexity index is 223. The molecular weight excluding hydrogens is 158 g/mol. The largest absolute Gasteiger partial charge is 0.433 e. The van der Waals surface area contributed by atoms with Gasteiger partial charge < -0.3 is 9.74 Å². The Morgan fingerprint density at radius 3 is 2.92 bits per heavy atom.